The van der Waals surface area contributed by atoms with Crippen LogP contribution in [-0.2, 0) is 6.42 Å². The molecule has 0 radical (unpaired) electrons. The SMILES string of the molecule is COc1cc2oc(-c3c(OC)cc(OC)c4c3OC(c3ccccc3)CC4)cc2c(OC)c1C. The molecule has 0 amide bonds. The number of benzene rings is 3. The first-order chi connectivity index (χ1) is 16.6. The van der Waals surface area contributed by atoms with E-state index in [2.05, 4.69) is 12.1 Å². The highest BCUT2D eigenvalue weighted by molar-refractivity contribution is 5.93. The van der Waals surface area contributed by atoms with Crippen molar-refractivity contribution in [3.63, 3.8) is 0 Å². The standard InChI is InChI=1S/C28H28O6/c1-16-21(29-2)14-23-19(27(16)32-5)13-25(33-23)26-24(31-4)15-22(30-3)18-11-12-20(34-28(18)26)17-9-7-6-8-10-17/h6-10,13-15,20H,11-12H2,1-5H3. The summed E-state index contributed by atoms with van der Waals surface area (Å²) >= 11 is 0. The van der Waals surface area contributed by atoms with Gasteiger partial charge in [0, 0.05) is 23.3 Å². The minimum Gasteiger partial charge on any atom is -0.496 e. The van der Waals surface area contributed by atoms with Gasteiger partial charge >= 0.3 is 0 Å². The number of fused-ring (bicyclic) bond motifs is 2. The average Bonchev–Trinajstić information content (AvgIpc) is 3.30. The van der Waals surface area contributed by atoms with Gasteiger partial charge < -0.3 is 28.1 Å². The van der Waals surface area contributed by atoms with Crippen LogP contribution in [0.2, 0.25) is 0 Å². The molecule has 5 rings (SSSR count). The van der Waals surface area contributed by atoms with Crippen LogP contribution in [0.1, 0.15) is 29.2 Å². The van der Waals surface area contributed by atoms with Crippen molar-refractivity contribution in [2.45, 2.75) is 25.9 Å². The van der Waals surface area contributed by atoms with E-state index in [1.807, 2.05) is 43.3 Å². The zero-order valence-electron chi connectivity index (χ0n) is 20.1. The predicted molar refractivity (Wildman–Crippen MR) is 131 cm³/mol. The van der Waals surface area contributed by atoms with E-state index in [1.54, 1.807) is 28.4 Å². The highest BCUT2D eigenvalue weighted by Gasteiger charge is 2.31. The third-order valence-corrected chi connectivity index (χ3v) is 6.48. The number of ether oxygens (including phenoxy) is 5. The molecule has 1 aliphatic heterocycles. The maximum absolute atomic E-state index is 6.63. The number of furan rings is 1. The van der Waals surface area contributed by atoms with Crippen LogP contribution < -0.4 is 23.7 Å². The zero-order chi connectivity index (χ0) is 23.8. The van der Waals surface area contributed by atoms with Gasteiger partial charge in [-0.25, -0.2) is 0 Å². The van der Waals surface area contributed by atoms with Gasteiger partial charge in [0.1, 0.15) is 51.8 Å². The quantitative estimate of drug-likeness (QED) is 0.327. The van der Waals surface area contributed by atoms with Crippen molar-refractivity contribution >= 4 is 11.0 Å². The summed E-state index contributed by atoms with van der Waals surface area (Å²) in [5.74, 6) is 4.13. The lowest BCUT2D eigenvalue weighted by molar-refractivity contribution is 0.174. The summed E-state index contributed by atoms with van der Waals surface area (Å²) in [4.78, 5) is 0. The summed E-state index contributed by atoms with van der Waals surface area (Å²) in [7, 11) is 6.59. The van der Waals surface area contributed by atoms with E-state index >= 15 is 0 Å². The molecule has 1 atom stereocenters. The highest BCUT2D eigenvalue weighted by Crippen LogP contribution is 2.52. The van der Waals surface area contributed by atoms with Crippen LogP contribution in [0.5, 0.6) is 28.7 Å². The molecule has 0 spiro atoms. The minimum absolute atomic E-state index is 0.0782. The fourth-order valence-corrected chi connectivity index (χ4v) is 4.80. The van der Waals surface area contributed by atoms with Crippen molar-refractivity contribution < 1.29 is 28.1 Å². The Labute approximate surface area is 199 Å². The van der Waals surface area contributed by atoms with E-state index in [9.17, 15) is 0 Å². The Morgan fingerprint density at radius 3 is 2.24 bits per heavy atom. The third-order valence-electron chi connectivity index (χ3n) is 6.48. The number of rotatable bonds is 6. The number of hydrogen-bond donors (Lipinski definition) is 0. The van der Waals surface area contributed by atoms with Gasteiger partial charge in [-0.05, 0) is 31.4 Å². The molecule has 0 N–H and O–H groups in total. The Balaban J connectivity index is 1.73. The Hall–Kier alpha value is -3.80. The third kappa shape index (κ3) is 3.50. The molecule has 0 aliphatic carbocycles. The molecule has 2 heterocycles. The van der Waals surface area contributed by atoms with Crippen molar-refractivity contribution in [1.29, 1.82) is 0 Å². The van der Waals surface area contributed by atoms with Crippen molar-refractivity contribution in [2.75, 3.05) is 28.4 Å². The Kier molecular flexibility index (Phi) is 5.74. The maximum atomic E-state index is 6.63. The predicted octanol–water partition coefficient (Wildman–Crippen LogP) is 6.51. The smallest absolute Gasteiger partial charge is 0.143 e. The first-order valence-corrected chi connectivity index (χ1v) is 11.2. The fraction of sp³-hybridized carbons (Fsp3) is 0.286. The Morgan fingerprint density at radius 2 is 1.56 bits per heavy atom. The minimum atomic E-state index is -0.0782. The van der Waals surface area contributed by atoms with Crippen LogP contribution in [0.3, 0.4) is 0 Å². The second-order valence-electron chi connectivity index (χ2n) is 8.28. The summed E-state index contributed by atoms with van der Waals surface area (Å²) in [6.07, 6.45) is 1.58. The summed E-state index contributed by atoms with van der Waals surface area (Å²) in [5.41, 5.74) is 4.47. The van der Waals surface area contributed by atoms with Gasteiger partial charge in [0.05, 0.1) is 33.8 Å². The number of hydrogen-bond acceptors (Lipinski definition) is 6. The fourth-order valence-electron chi connectivity index (χ4n) is 4.80. The average molecular weight is 461 g/mol. The van der Waals surface area contributed by atoms with Crippen LogP contribution in [0.25, 0.3) is 22.3 Å². The lowest BCUT2D eigenvalue weighted by atomic mass is 9.93. The molecule has 1 aromatic heterocycles. The Bertz CT molecular complexity index is 1340. The molecule has 0 bridgehead atoms. The van der Waals surface area contributed by atoms with Crippen molar-refractivity contribution in [3.05, 3.63) is 65.2 Å². The van der Waals surface area contributed by atoms with Crippen LogP contribution in [0.15, 0.2) is 52.9 Å². The van der Waals surface area contributed by atoms with Gasteiger partial charge in [-0.3, -0.25) is 0 Å². The molecule has 0 saturated carbocycles. The normalized spacial score (nSPS) is 14.9. The summed E-state index contributed by atoms with van der Waals surface area (Å²) in [6.45, 7) is 1.97. The van der Waals surface area contributed by atoms with E-state index < -0.39 is 0 Å². The summed E-state index contributed by atoms with van der Waals surface area (Å²) in [6, 6.07) is 16.0. The molecule has 0 saturated heterocycles. The van der Waals surface area contributed by atoms with Crippen LogP contribution in [-0.4, -0.2) is 28.4 Å². The lowest BCUT2D eigenvalue weighted by Crippen LogP contribution is -2.17. The lowest BCUT2D eigenvalue weighted by Gasteiger charge is -2.30. The monoisotopic (exact) mass is 460 g/mol. The van der Waals surface area contributed by atoms with Gasteiger partial charge in [0.15, 0.2) is 0 Å². The van der Waals surface area contributed by atoms with E-state index in [1.165, 1.54) is 0 Å². The molecule has 6 nitrogen and oxygen atoms in total. The molecular weight excluding hydrogens is 432 g/mol. The number of methoxy groups -OCH3 is 4. The molecule has 34 heavy (non-hydrogen) atoms. The molecule has 0 fully saturated rings. The topological polar surface area (TPSA) is 59.3 Å². The molecule has 3 aromatic carbocycles. The van der Waals surface area contributed by atoms with Crippen molar-refractivity contribution in [3.8, 4) is 40.1 Å². The Morgan fingerprint density at radius 1 is 0.824 bits per heavy atom. The van der Waals surface area contributed by atoms with E-state index in [0.717, 1.165) is 52.0 Å². The van der Waals surface area contributed by atoms with Crippen LogP contribution in [0.4, 0.5) is 0 Å². The molecule has 176 valence electrons. The molecule has 6 heteroatoms. The van der Waals surface area contributed by atoms with E-state index in [4.69, 9.17) is 28.1 Å². The van der Waals surface area contributed by atoms with Crippen LogP contribution in [0, 0.1) is 6.92 Å². The van der Waals surface area contributed by atoms with Gasteiger partial charge in [-0.1, -0.05) is 30.3 Å². The summed E-state index contributed by atoms with van der Waals surface area (Å²) < 4.78 is 35.7. The first kappa shape index (κ1) is 22.0. The second kappa shape index (κ2) is 8.86. The van der Waals surface area contributed by atoms with Crippen molar-refractivity contribution in [2.24, 2.45) is 0 Å². The molecule has 4 aromatic rings. The molecule has 1 aliphatic rings. The second-order valence-corrected chi connectivity index (χ2v) is 8.28. The first-order valence-electron chi connectivity index (χ1n) is 11.2. The van der Waals surface area contributed by atoms with Crippen molar-refractivity contribution in [1.82, 2.24) is 0 Å². The van der Waals surface area contributed by atoms with E-state index in [-0.39, 0.29) is 6.10 Å². The summed E-state index contributed by atoms with van der Waals surface area (Å²) in [5, 5.41) is 0.859. The van der Waals surface area contributed by atoms with Gasteiger partial charge in [0.25, 0.3) is 0 Å². The highest BCUT2D eigenvalue weighted by atomic mass is 16.5. The molecular formula is C28H28O6. The maximum Gasteiger partial charge on any atom is 0.143 e. The van der Waals surface area contributed by atoms with Gasteiger partial charge in [-0.15, -0.1) is 0 Å². The van der Waals surface area contributed by atoms with Gasteiger partial charge in [0.2, 0.25) is 0 Å². The largest absolute Gasteiger partial charge is 0.496 e. The van der Waals surface area contributed by atoms with Crippen LogP contribution >= 0.6 is 0 Å². The van der Waals surface area contributed by atoms with Gasteiger partial charge in [-0.2, -0.15) is 0 Å². The van der Waals surface area contributed by atoms with E-state index in [0.29, 0.717) is 28.6 Å². The molecule has 1 unspecified atom stereocenters. The zero-order valence-corrected chi connectivity index (χ0v) is 20.1.